The highest BCUT2D eigenvalue weighted by Gasteiger charge is 2.39. The standard InChI is InChI=1S/C22H20FN5O2/c23-16-5-1-14(2-6-16)19-20(15-3-7-17(29)8-4-15)28-12-10-25-21(22(28)26-19)27-11-9-24-18(30)13-27/h1-8,10,12,22,26,29H,9,11,13H2,(H,24,30). The molecule has 1 unspecified atom stereocenters. The number of benzene rings is 2. The lowest BCUT2D eigenvalue weighted by molar-refractivity contribution is -0.122. The maximum absolute atomic E-state index is 13.5. The molecular formula is C22H20FN5O2. The molecule has 0 bridgehead atoms. The molecule has 0 aromatic heterocycles. The molecule has 0 spiro atoms. The summed E-state index contributed by atoms with van der Waals surface area (Å²) in [6, 6.07) is 13.3. The van der Waals surface area contributed by atoms with E-state index in [1.165, 1.54) is 12.1 Å². The van der Waals surface area contributed by atoms with Crippen molar-refractivity contribution in [2.24, 2.45) is 4.99 Å². The number of fused-ring (bicyclic) bond motifs is 1. The molecular weight excluding hydrogens is 385 g/mol. The first-order chi connectivity index (χ1) is 14.6. The summed E-state index contributed by atoms with van der Waals surface area (Å²) in [6.45, 7) is 1.49. The second-order valence-corrected chi connectivity index (χ2v) is 7.29. The molecule has 1 amide bonds. The number of hydrogen-bond donors (Lipinski definition) is 3. The topological polar surface area (TPSA) is 80.2 Å². The summed E-state index contributed by atoms with van der Waals surface area (Å²) >= 11 is 0. The van der Waals surface area contributed by atoms with Crippen LogP contribution in [0, 0.1) is 5.82 Å². The van der Waals surface area contributed by atoms with E-state index in [9.17, 15) is 14.3 Å². The van der Waals surface area contributed by atoms with Gasteiger partial charge in [0.05, 0.1) is 17.9 Å². The normalized spacial score (nSPS) is 20.6. The number of halogens is 1. The van der Waals surface area contributed by atoms with E-state index >= 15 is 0 Å². The zero-order valence-electron chi connectivity index (χ0n) is 16.0. The lowest BCUT2D eigenvalue weighted by Gasteiger charge is -2.37. The molecule has 2 aromatic carbocycles. The number of amides is 1. The molecule has 1 fully saturated rings. The van der Waals surface area contributed by atoms with Crippen LogP contribution in [0.2, 0.25) is 0 Å². The molecule has 0 radical (unpaired) electrons. The average Bonchev–Trinajstić information content (AvgIpc) is 3.14. The molecule has 3 aliphatic heterocycles. The third-order valence-corrected chi connectivity index (χ3v) is 5.37. The Bertz CT molecular complexity index is 1080. The molecule has 1 atom stereocenters. The number of phenols is 1. The molecule has 3 aliphatic rings. The summed E-state index contributed by atoms with van der Waals surface area (Å²) < 4.78 is 13.5. The Morgan fingerprint density at radius 2 is 1.80 bits per heavy atom. The highest BCUT2D eigenvalue weighted by Crippen LogP contribution is 2.37. The van der Waals surface area contributed by atoms with Crippen LogP contribution in [-0.2, 0) is 4.79 Å². The number of carbonyl (C=O) groups is 1. The summed E-state index contributed by atoms with van der Waals surface area (Å²) in [5.74, 6) is 0.595. The number of aromatic hydroxyl groups is 1. The van der Waals surface area contributed by atoms with E-state index in [2.05, 4.69) is 20.5 Å². The Kier molecular flexibility index (Phi) is 4.39. The van der Waals surface area contributed by atoms with Gasteiger partial charge in [0.1, 0.15) is 17.4 Å². The Balaban J connectivity index is 1.57. The van der Waals surface area contributed by atoms with Gasteiger partial charge in [0.2, 0.25) is 5.91 Å². The zero-order chi connectivity index (χ0) is 20.7. The van der Waals surface area contributed by atoms with Crippen molar-refractivity contribution in [1.29, 1.82) is 0 Å². The fraction of sp³-hybridized carbons (Fsp3) is 0.182. The van der Waals surface area contributed by atoms with Crippen LogP contribution >= 0.6 is 0 Å². The van der Waals surface area contributed by atoms with Crippen molar-refractivity contribution in [1.82, 2.24) is 20.4 Å². The summed E-state index contributed by atoms with van der Waals surface area (Å²) in [4.78, 5) is 20.5. The molecule has 3 N–H and O–H groups in total. The minimum Gasteiger partial charge on any atom is -0.508 e. The Labute approximate surface area is 172 Å². The zero-order valence-corrected chi connectivity index (χ0v) is 16.0. The first kappa shape index (κ1) is 18.2. The summed E-state index contributed by atoms with van der Waals surface area (Å²) in [5.41, 5.74) is 3.44. The molecule has 8 heteroatoms. The van der Waals surface area contributed by atoms with E-state index in [0.29, 0.717) is 13.1 Å². The van der Waals surface area contributed by atoms with Crippen LogP contribution in [0.1, 0.15) is 11.1 Å². The molecule has 5 rings (SSSR count). The fourth-order valence-corrected chi connectivity index (χ4v) is 3.97. The lowest BCUT2D eigenvalue weighted by Crippen LogP contribution is -2.57. The number of amidine groups is 1. The van der Waals surface area contributed by atoms with Crippen molar-refractivity contribution in [2.75, 3.05) is 19.6 Å². The smallest absolute Gasteiger partial charge is 0.239 e. The molecule has 0 aliphatic carbocycles. The van der Waals surface area contributed by atoms with Crippen molar-refractivity contribution < 1.29 is 14.3 Å². The monoisotopic (exact) mass is 405 g/mol. The molecule has 0 saturated carbocycles. The minimum atomic E-state index is -0.303. The van der Waals surface area contributed by atoms with Crippen LogP contribution in [0.4, 0.5) is 4.39 Å². The van der Waals surface area contributed by atoms with Crippen LogP contribution in [0.3, 0.4) is 0 Å². The lowest BCUT2D eigenvalue weighted by atomic mass is 10.0. The Morgan fingerprint density at radius 1 is 1.07 bits per heavy atom. The van der Waals surface area contributed by atoms with Gasteiger partial charge in [0.15, 0.2) is 6.17 Å². The van der Waals surface area contributed by atoms with Gasteiger partial charge < -0.3 is 25.5 Å². The van der Waals surface area contributed by atoms with Crippen LogP contribution in [0.25, 0.3) is 11.4 Å². The fourth-order valence-electron chi connectivity index (χ4n) is 3.97. The number of hydrogen-bond acceptors (Lipinski definition) is 6. The quantitative estimate of drug-likeness (QED) is 0.711. The van der Waals surface area contributed by atoms with E-state index in [1.54, 1.807) is 30.5 Å². The number of carbonyl (C=O) groups excluding carboxylic acids is 1. The highest BCUT2D eigenvalue weighted by atomic mass is 19.1. The van der Waals surface area contributed by atoms with E-state index in [0.717, 1.165) is 28.4 Å². The second kappa shape index (κ2) is 7.22. The summed E-state index contributed by atoms with van der Waals surface area (Å²) in [7, 11) is 0. The molecule has 7 nitrogen and oxygen atoms in total. The van der Waals surface area contributed by atoms with Gasteiger partial charge in [-0.2, -0.15) is 0 Å². The predicted molar refractivity (Wildman–Crippen MR) is 111 cm³/mol. The van der Waals surface area contributed by atoms with Gasteiger partial charge in [-0.1, -0.05) is 0 Å². The van der Waals surface area contributed by atoms with Crippen LogP contribution in [-0.4, -0.2) is 52.4 Å². The first-order valence-corrected chi connectivity index (χ1v) is 9.71. The van der Waals surface area contributed by atoms with Crippen molar-refractivity contribution in [3.05, 3.63) is 77.9 Å². The van der Waals surface area contributed by atoms with Crippen LogP contribution in [0.15, 0.2) is 65.9 Å². The van der Waals surface area contributed by atoms with Crippen LogP contribution < -0.4 is 10.6 Å². The molecule has 1 saturated heterocycles. The van der Waals surface area contributed by atoms with E-state index in [1.807, 2.05) is 23.2 Å². The van der Waals surface area contributed by atoms with Gasteiger partial charge >= 0.3 is 0 Å². The minimum absolute atomic E-state index is 0.0338. The highest BCUT2D eigenvalue weighted by molar-refractivity contribution is 6.01. The Morgan fingerprint density at radius 3 is 2.53 bits per heavy atom. The number of rotatable bonds is 2. The van der Waals surface area contributed by atoms with E-state index < -0.39 is 0 Å². The summed E-state index contributed by atoms with van der Waals surface area (Å²) in [6.07, 6.45) is 3.29. The first-order valence-electron chi connectivity index (χ1n) is 9.71. The van der Waals surface area contributed by atoms with Gasteiger partial charge in [-0.15, -0.1) is 0 Å². The average molecular weight is 405 g/mol. The molecule has 30 heavy (non-hydrogen) atoms. The molecule has 2 aromatic rings. The number of nitrogens with zero attached hydrogens (tertiary/aromatic N) is 3. The SMILES string of the molecule is O=C1CN(C2=NC=CN3C(c4ccc(O)cc4)=C(c4ccc(F)cc4)NC23)CCN1. The van der Waals surface area contributed by atoms with Crippen molar-refractivity contribution in [2.45, 2.75) is 6.17 Å². The van der Waals surface area contributed by atoms with Crippen molar-refractivity contribution in [3.63, 3.8) is 0 Å². The van der Waals surface area contributed by atoms with Gasteiger partial charge in [-0.3, -0.25) is 4.79 Å². The number of nitrogens with one attached hydrogen (secondary N) is 2. The Hall–Kier alpha value is -3.81. The maximum atomic E-state index is 13.5. The molecule has 152 valence electrons. The largest absolute Gasteiger partial charge is 0.508 e. The predicted octanol–water partition coefficient (Wildman–Crippen LogP) is 1.90. The second-order valence-electron chi connectivity index (χ2n) is 7.29. The van der Waals surface area contributed by atoms with Crippen LogP contribution in [0.5, 0.6) is 5.75 Å². The third-order valence-electron chi connectivity index (χ3n) is 5.37. The number of piperazine rings is 1. The third kappa shape index (κ3) is 3.16. The van der Waals surface area contributed by atoms with Gasteiger partial charge in [0.25, 0.3) is 0 Å². The van der Waals surface area contributed by atoms with Crippen molar-refractivity contribution >= 4 is 23.1 Å². The van der Waals surface area contributed by atoms with Crippen molar-refractivity contribution in [3.8, 4) is 5.75 Å². The summed E-state index contributed by atoms with van der Waals surface area (Å²) in [5, 5.41) is 16.1. The van der Waals surface area contributed by atoms with Gasteiger partial charge in [0, 0.05) is 36.6 Å². The molecule has 3 heterocycles. The van der Waals surface area contributed by atoms with E-state index in [-0.39, 0.29) is 30.2 Å². The number of aliphatic imine (C=N–C) groups is 1. The number of phenolic OH excluding ortho intramolecular Hbond substituents is 1. The van der Waals surface area contributed by atoms with E-state index in [4.69, 9.17) is 0 Å². The maximum Gasteiger partial charge on any atom is 0.239 e. The van der Waals surface area contributed by atoms with Gasteiger partial charge in [-0.25, -0.2) is 9.38 Å². The van der Waals surface area contributed by atoms with Gasteiger partial charge in [-0.05, 0) is 48.5 Å².